The van der Waals surface area contributed by atoms with Gasteiger partial charge in [0.25, 0.3) is 0 Å². The van der Waals surface area contributed by atoms with Crippen LogP contribution in [0.25, 0.3) is 0 Å². The van der Waals surface area contributed by atoms with Crippen molar-refractivity contribution in [3.05, 3.63) is 12.2 Å². The van der Waals surface area contributed by atoms with Crippen LogP contribution in [0.1, 0.15) is 168 Å². The average molecular weight is 595 g/mol. The van der Waals surface area contributed by atoms with Crippen LogP contribution in [0.2, 0.25) is 0 Å². The molecule has 1 saturated heterocycles. The Morgan fingerprint density at radius 3 is 1.95 bits per heavy atom. The van der Waals surface area contributed by atoms with Crippen molar-refractivity contribution >= 4 is 11.9 Å². The molecule has 0 spiro atoms. The van der Waals surface area contributed by atoms with Crippen LogP contribution in [0, 0.1) is 5.92 Å². The summed E-state index contributed by atoms with van der Waals surface area (Å²) in [5.74, 6) is 0.203. The van der Waals surface area contributed by atoms with Crippen molar-refractivity contribution in [1.29, 1.82) is 0 Å². The predicted octanol–water partition coefficient (Wildman–Crippen LogP) is 9.41. The fourth-order valence-electron chi connectivity index (χ4n) is 5.33. The van der Waals surface area contributed by atoms with Crippen LogP contribution in [0.4, 0.5) is 0 Å². The third-order valence-electron chi connectivity index (χ3n) is 8.16. The molecule has 1 heterocycles. The predicted molar refractivity (Wildman–Crippen MR) is 172 cm³/mol. The molecule has 0 radical (unpaired) electrons. The topological polar surface area (TPSA) is 85.4 Å². The van der Waals surface area contributed by atoms with Crippen molar-refractivity contribution in [2.45, 2.75) is 187 Å². The highest BCUT2D eigenvalue weighted by Gasteiger charge is 2.36. The molecular formula is C36H66O6. The molecule has 0 aromatic rings. The Balaban J connectivity index is 1.91. The Hall–Kier alpha value is -1.40. The van der Waals surface area contributed by atoms with Crippen LogP contribution in [0.3, 0.4) is 0 Å². The molecule has 0 bridgehead atoms. The van der Waals surface area contributed by atoms with E-state index in [0.29, 0.717) is 25.0 Å². The number of allylic oxidation sites excluding steroid dienone is 1. The summed E-state index contributed by atoms with van der Waals surface area (Å²) in [6.07, 6.45) is 30.0. The maximum atomic E-state index is 12.1. The summed E-state index contributed by atoms with van der Waals surface area (Å²) in [5.41, 5.74) is 0. The number of hydrogen-bond donors (Lipinski definition) is 1. The molecule has 246 valence electrons. The molecule has 1 N–H and O–H groups in total. The van der Waals surface area contributed by atoms with Crippen LogP contribution in [-0.4, -0.2) is 48.6 Å². The maximum absolute atomic E-state index is 12.1. The van der Waals surface area contributed by atoms with Crippen molar-refractivity contribution in [3.8, 4) is 0 Å². The van der Waals surface area contributed by atoms with E-state index in [4.69, 9.17) is 14.2 Å². The molecule has 2 unspecified atom stereocenters. The molecule has 0 amide bonds. The van der Waals surface area contributed by atoms with E-state index in [1.807, 2.05) is 0 Å². The van der Waals surface area contributed by atoms with Gasteiger partial charge >= 0.3 is 11.9 Å². The number of hydrogen-bond acceptors (Lipinski definition) is 6. The molecule has 1 fully saturated rings. The van der Waals surface area contributed by atoms with E-state index in [9.17, 15) is 14.7 Å². The number of aliphatic hydroxyl groups excluding tert-OH is 1. The molecule has 6 heteroatoms. The zero-order chi connectivity index (χ0) is 30.7. The third-order valence-corrected chi connectivity index (χ3v) is 8.16. The average Bonchev–Trinajstić information content (AvgIpc) is 3.72. The van der Waals surface area contributed by atoms with E-state index in [1.165, 1.54) is 77.0 Å². The third kappa shape index (κ3) is 24.1. The number of unbranched alkanes of at least 4 members (excludes halogenated alkanes) is 15. The van der Waals surface area contributed by atoms with E-state index < -0.39 is 6.10 Å². The van der Waals surface area contributed by atoms with Crippen molar-refractivity contribution < 1.29 is 28.9 Å². The Morgan fingerprint density at radius 2 is 1.33 bits per heavy atom. The molecular weight excluding hydrogens is 528 g/mol. The highest BCUT2D eigenvalue weighted by molar-refractivity contribution is 5.70. The van der Waals surface area contributed by atoms with Gasteiger partial charge in [-0.15, -0.1) is 0 Å². The lowest BCUT2D eigenvalue weighted by atomic mass is 10.0. The lowest BCUT2D eigenvalue weighted by Crippen LogP contribution is -2.28. The van der Waals surface area contributed by atoms with Crippen LogP contribution in [-0.2, 0) is 23.8 Å². The van der Waals surface area contributed by atoms with Gasteiger partial charge in [0.05, 0.1) is 18.8 Å². The summed E-state index contributed by atoms with van der Waals surface area (Å²) in [6, 6.07) is 0. The number of carbonyl (C=O) groups excluding carboxylic acids is 2. The van der Waals surface area contributed by atoms with Gasteiger partial charge in [0.1, 0.15) is 6.61 Å². The minimum atomic E-state index is -0.778. The Bertz CT molecular complexity index is 676. The monoisotopic (exact) mass is 594 g/mol. The first-order valence-electron chi connectivity index (χ1n) is 17.7. The van der Waals surface area contributed by atoms with Gasteiger partial charge in [0.2, 0.25) is 0 Å². The Kier molecular flexibility index (Phi) is 25.0. The van der Waals surface area contributed by atoms with E-state index in [2.05, 4.69) is 32.9 Å². The quantitative estimate of drug-likeness (QED) is 0.0386. The van der Waals surface area contributed by atoms with E-state index >= 15 is 0 Å². The minimum Gasteiger partial charge on any atom is -0.462 e. The van der Waals surface area contributed by atoms with Gasteiger partial charge in [-0.3, -0.25) is 9.59 Å². The van der Waals surface area contributed by atoms with Crippen LogP contribution >= 0.6 is 0 Å². The van der Waals surface area contributed by atoms with Crippen molar-refractivity contribution in [3.63, 3.8) is 0 Å². The first-order chi connectivity index (χ1) is 20.5. The molecule has 42 heavy (non-hydrogen) atoms. The molecule has 0 saturated carbocycles. The van der Waals surface area contributed by atoms with Crippen molar-refractivity contribution in [2.75, 3.05) is 13.2 Å². The smallest absolute Gasteiger partial charge is 0.306 e. The maximum Gasteiger partial charge on any atom is 0.306 e. The van der Waals surface area contributed by atoms with E-state index in [1.54, 1.807) is 0 Å². The lowest BCUT2D eigenvalue weighted by Gasteiger charge is -2.15. The summed E-state index contributed by atoms with van der Waals surface area (Å²) in [4.78, 5) is 24.2. The van der Waals surface area contributed by atoms with Crippen LogP contribution < -0.4 is 0 Å². The highest BCUT2D eigenvalue weighted by atomic mass is 16.6. The number of esters is 2. The summed E-state index contributed by atoms with van der Waals surface area (Å²) in [7, 11) is 0. The Morgan fingerprint density at radius 1 is 0.738 bits per heavy atom. The zero-order valence-corrected chi connectivity index (χ0v) is 27.6. The summed E-state index contributed by atoms with van der Waals surface area (Å²) >= 11 is 0. The van der Waals surface area contributed by atoms with Gasteiger partial charge in [-0.2, -0.15) is 0 Å². The number of carbonyl (C=O) groups is 2. The summed E-state index contributed by atoms with van der Waals surface area (Å²) in [5, 5.41) is 9.52. The Labute approximate surface area is 258 Å². The fourth-order valence-corrected chi connectivity index (χ4v) is 5.33. The number of rotatable bonds is 30. The van der Waals surface area contributed by atoms with Gasteiger partial charge in [0.15, 0.2) is 6.10 Å². The van der Waals surface area contributed by atoms with Gasteiger partial charge in [-0.25, -0.2) is 0 Å². The first-order valence-corrected chi connectivity index (χ1v) is 17.7. The van der Waals surface area contributed by atoms with E-state index in [0.717, 1.165) is 63.7 Å². The number of epoxide rings is 1. The van der Waals surface area contributed by atoms with Gasteiger partial charge in [-0.1, -0.05) is 129 Å². The fraction of sp³-hybridized carbons (Fsp3) is 0.889. The minimum absolute atomic E-state index is 0.0727. The zero-order valence-electron chi connectivity index (χ0n) is 27.6. The molecule has 1 aliphatic heterocycles. The molecule has 1 aliphatic rings. The second-order valence-corrected chi connectivity index (χ2v) is 12.8. The lowest BCUT2D eigenvalue weighted by molar-refractivity contribution is -0.161. The van der Waals surface area contributed by atoms with Gasteiger partial charge < -0.3 is 19.3 Å². The molecule has 3 atom stereocenters. The standard InChI is InChI=1S/C36H66O6/c1-4-5-6-7-15-20-25-33-34(42-33)26-21-16-13-18-23-28-36(39)41-32(29-37)30-40-35(38)27-22-17-12-10-8-9-11-14-19-24-31(2)3/h15,20,31-34,37H,4-14,16-19,21-30H2,1-3H3/b20-15-/t32-,33?,34?/m0/s1. The number of ether oxygens (including phenoxy) is 3. The number of aliphatic hydroxyl groups is 1. The molecule has 0 aromatic heterocycles. The molecule has 0 aliphatic carbocycles. The largest absolute Gasteiger partial charge is 0.462 e. The van der Waals surface area contributed by atoms with Crippen molar-refractivity contribution in [1.82, 2.24) is 0 Å². The summed E-state index contributed by atoms with van der Waals surface area (Å²) in [6.45, 7) is 6.40. The molecule has 0 aromatic carbocycles. The second kappa shape index (κ2) is 27.2. The SMILES string of the molecule is CCCCC/C=C\CC1OC1CCCCCCCC(=O)O[C@@H](CO)COC(=O)CCCCCCCCCCCC(C)C. The van der Waals surface area contributed by atoms with Crippen LogP contribution in [0.15, 0.2) is 12.2 Å². The second-order valence-electron chi connectivity index (χ2n) is 12.8. The van der Waals surface area contributed by atoms with Gasteiger partial charge in [0, 0.05) is 12.8 Å². The van der Waals surface area contributed by atoms with E-state index in [-0.39, 0.29) is 25.2 Å². The van der Waals surface area contributed by atoms with Crippen molar-refractivity contribution in [2.24, 2.45) is 5.92 Å². The molecule has 6 nitrogen and oxygen atoms in total. The highest BCUT2D eigenvalue weighted by Crippen LogP contribution is 2.30. The summed E-state index contributed by atoms with van der Waals surface area (Å²) < 4.78 is 16.3. The first kappa shape index (κ1) is 38.6. The van der Waals surface area contributed by atoms with Gasteiger partial charge in [-0.05, 0) is 44.4 Å². The van der Waals surface area contributed by atoms with Crippen LogP contribution in [0.5, 0.6) is 0 Å². The normalized spacial score (nSPS) is 17.2. The molecule has 1 rings (SSSR count).